The second kappa shape index (κ2) is 9.75. The lowest BCUT2D eigenvalue weighted by molar-refractivity contribution is 0.0266. The monoisotopic (exact) mass is 580 g/mol. The van der Waals surface area contributed by atoms with Crippen molar-refractivity contribution in [2.45, 2.75) is 44.3 Å². The third-order valence-corrected chi connectivity index (χ3v) is 8.02. The molecule has 2 aromatic carbocycles. The van der Waals surface area contributed by atoms with Gasteiger partial charge in [-0.15, -0.1) is 0 Å². The Balaban J connectivity index is 1.28. The highest BCUT2D eigenvalue weighted by Gasteiger charge is 2.72. The zero-order chi connectivity index (χ0) is 30.0. The molecule has 1 N–H and O–H groups in total. The number of nitriles is 1. The topological polar surface area (TPSA) is 124 Å². The molecule has 3 aromatic rings. The highest BCUT2D eigenvalue weighted by atomic mass is 19.1. The fourth-order valence-electron chi connectivity index (χ4n) is 6.19. The molecule has 2 amide bonds. The van der Waals surface area contributed by atoms with E-state index in [9.17, 15) is 19.2 Å². The van der Waals surface area contributed by atoms with Crippen molar-refractivity contribution in [1.82, 2.24) is 20.3 Å². The molecule has 0 bridgehead atoms. The third kappa shape index (κ3) is 4.60. The van der Waals surface area contributed by atoms with E-state index in [1.54, 1.807) is 20.8 Å². The van der Waals surface area contributed by atoms with E-state index in [1.165, 1.54) is 28.1 Å². The fourth-order valence-corrected chi connectivity index (χ4v) is 6.19. The number of cyclic esters (lactones) is 1. The van der Waals surface area contributed by atoms with Crippen molar-refractivity contribution in [2.24, 2.45) is 11.8 Å². The predicted octanol–water partition coefficient (Wildman–Crippen LogP) is 4.71. The number of hydrogen-bond acceptors (Lipinski definition) is 7. The van der Waals surface area contributed by atoms with Crippen LogP contribution in [0, 0.1) is 40.6 Å². The predicted molar refractivity (Wildman–Crippen MR) is 142 cm³/mol. The van der Waals surface area contributed by atoms with Gasteiger partial charge in [0.25, 0.3) is 0 Å². The first-order valence-electron chi connectivity index (χ1n) is 13.4. The van der Waals surface area contributed by atoms with Crippen molar-refractivity contribution >= 4 is 17.9 Å². The number of ether oxygens (including phenoxy) is 2. The minimum absolute atomic E-state index is 0.0933. The molecule has 1 aliphatic carbocycles. The highest BCUT2D eigenvalue weighted by Crippen LogP contribution is 2.65. The van der Waals surface area contributed by atoms with E-state index < -0.39 is 58.6 Å². The molecule has 2 saturated heterocycles. The average Bonchev–Trinajstić information content (AvgIpc) is 3.42. The molecule has 10 nitrogen and oxygen atoms in total. The molecule has 42 heavy (non-hydrogen) atoms. The number of H-pyrrole nitrogens is 1. The van der Waals surface area contributed by atoms with Crippen LogP contribution in [0.4, 0.5) is 28.4 Å². The molecule has 3 heterocycles. The van der Waals surface area contributed by atoms with Crippen LogP contribution in [0.1, 0.15) is 32.0 Å². The maximum atomic E-state index is 15.7. The van der Waals surface area contributed by atoms with Gasteiger partial charge in [-0.2, -0.15) is 20.7 Å². The molecule has 2 aliphatic heterocycles. The number of rotatable bonds is 5. The molecule has 3 fully saturated rings. The molecule has 218 valence electrons. The highest BCUT2D eigenvalue weighted by molar-refractivity contribution is 5.90. The Morgan fingerprint density at radius 1 is 1.14 bits per heavy atom. The first-order chi connectivity index (χ1) is 19.9. The smallest absolute Gasteiger partial charge is 0.414 e. The van der Waals surface area contributed by atoms with E-state index in [1.807, 2.05) is 0 Å². The van der Waals surface area contributed by atoms with E-state index in [0.717, 1.165) is 12.1 Å². The lowest BCUT2D eigenvalue weighted by Gasteiger charge is -2.28. The molecule has 6 rings (SSSR count). The van der Waals surface area contributed by atoms with Gasteiger partial charge in [-0.25, -0.2) is 22.8 Å². The summed E-state index contributed by atoms with van der Waals surface area (Å²) in [5.41, 5.74) is -1.60. The van der Waals surface area contributed by atoms with Gasteiger partial charge < -0.3 is 14.4 Å². The number of hydrogen-bond donors (Lipinski definition) is 1. The first-order valence-corrected chi connectivity index (χ1v) is 13.4. The minimum Gasteiger partial charge on any atom is -0.444 e. The maximum Gasteiger partial charge on any atom is 0.414 e. The normalized spacial score (nSPS) is 24.8. The van der Waals surface area contributed by atoms with E-state index >= 15 is 8.78 Å². The number of likely N-dealkylation sites (tertiary alicyclic amines) is 1. The quantitative estimate of drug-likeness (QED) is 0.463. The molecule has 13 heteroatoms. The van der Waals surface area contributed by atoms with Gasteiger partial charge >= 0.3 is 12.2 Å². The van der Waals surface area contributed by atoms with Crippen LogP contribution in [0.2, 0.25) is 0 Å². The van der Waals surface area contributed by atoms with Gasteiger partial charge in [0.15, 0.2) is 0 Å². The Morgan fingerprint density at radius 3 is 2.50 bits per heavy atom. The molecule has 1 saturated carbocycles. The van der Waals surface area contributed by atoms with Crippen molar-refractivity contribution in [3.63, 3.8) is 0 Å². The van der Waals surface area contributed by atoms with Crippen LogP contribution >= 0.6 is 0 Å². The third-order valence-electron chi connectivity index (χ3n) is 8.02. The van der Waals surface area contributed by atoms with E-state index in [0.29, 0.717) is 18.2 Å². The maximum absolute atomic E-state index is 15.7. The number of aromatic amines is 1. The van der Waals surface area contributed by atoms with Gasteiger partial charge in [-0.1, -0.05) is 0 Å². The van der Waals surface area contributed by atoms with Crippen molar-refractivity contribution < 1.29 is 32.2 Å². The summed E-state index contributed by atoms with van der Waals surface area (Å²) >= 11 is 0. The Kier molecular flexibility index (Phi) is 6.40. The summed E-state index contributed by atoms with van der Waals surface area (Å²) in [6.45, 7) is 5.66. The summed E-state index contributed by atoms with van der Waals surface area (Å²) < 4.78 is 56.5. The molecule has 2 unspecified atom stereocenters. The van der Waals surface area contributed by atoms with Gasteiger partial charge in [0, 0.05) is 48.5 Å². The van der Waals surface area contributed by atoms with Crippen LogP contribution in [-0.4, -0.2) is 63.8 Å². The Hall–Kier alpha value is -4.60. The van der Waals surface area contributed by atoms with Crippen LogP contribution in [0.15, 0.2) is 36.5 Å². The summed E-state index contributed by atoms with van der Waals surface area (Å²) in [4.78, 5) is 27.8. The summed E-state index contributed by atoms with van der Waals surface area (Å²) in [5, 5.41) is 20.4. The van der Waals surface area contributed by atoms with E-state index in [4.69, 9.17) is 9.47 Å². The van der Waals surface area contributed by atoms with Gasteiger partial charge in [0.1, 0.15) is 29.2 Å². The number of fused-ring (bicyclic) bond motifs is 1. The number of piperidine rings is 1. The number of benzene rings is 2. The molecule has 0 spiro atoms. The van der Waals surface area contributed by atoms with Gasteiger partial charge in [0.2, 0.25) is 0 Å². The molecule has 0 radical (unpaired) electrons. The van der Waals surface area contributed by atoms with Crippen LogP contribution in [0.5, 0.6) is 0 Å². The van der Waals surface area contributed by atoms with Crippen molar-refractivity contribution in [1.29, 1.82) is 5.26 Å². The van der Waals surface area contributed by atoms with Crippen LogP contribution in [0.25, 0.3) is 11.1 Å². The number of aromatic nitrogens is 3. The standard InChI is InChI=1S/C29H27F3N6O4/c1-28(2,3)42-26(39)37-12-21-22(13-37)29(21,14-33)25-20(6-15(30)7-24(25)32)19-5-4-17(9-23(19)31)38-11-18(41-27(38)40)8-16-10-34-36-35-16/h4-7,9-10,18,21-22H,8,11-13H2,1-3H3,(H,34,35,36)/t18-,21+,22?,29?/m1/s1. The number of amides is 2. The Morgan fingerprint density at radius 2 is 1.88 bits per heavy atom. The van der Waals surface area contributed by atoms with Crippen molar-refractivity contribution in [3.8, 4) is 17.2 Å². The SMILES string of the molecule is CC(C)(C)OC(=O)N1CC2[C@H](C1)C2(C#N)c1c(F)cc(F)cc1-c1ccc(N2C[C@@H](Cc3cn[nH]n3)OC2=O)cc1F. The van der Waals surface area contributed by atoms with Gasteiger partial charge in [0.05, 0.1) is 35.6 Å². The molecule has 3 aliphatic rings. The fraction of sp³-hybridized carbons (Fsp3) is 0.414. The van der Waals surface area contributed by atoms with Gasteiger partial charge in [-0.05, 0) is 50.6 Å². The number of carbonyl (C=O) groups is 2. The molecule has 4 atom stereocenters. The number of nitrogens with one attached hydrogen (secondary N) is 1. The van der Waals surface area contributed by atoms with Crippen LogP contribution in [-0.2, 0) is 21.3 Å². The largest absolute Gasteiger partial charge is 0.444 e. The lowest BCUT2D eigenvalue weighted by Crippen LogP contribution is -2.39. The van der Waals surface area contributed by atoms with Gasteiger partial charge in [-0.3, -0.25) is 4.90 Å². The Bertz CT molecular complexity index is 1600. The average molecular weight is 581 g/mol. The van der Waals surface area contributed by atoms with E-state index in [2.05, 4.69) is 21.5 Å². The number of anilines is 1. The minimum atomic E-state index is -1.37. The zero-order valence-corrected chi connectivity index (χ0v) is 23.0. The van der Waals surface area contributed by atoms with Crippen molar-refractivity contribution in [3.05, 3.63) is 65.2 Å². The second-order valence-electron chi connectivity index (χ2n) is 11.8. The van der Waals surface area contributed by atoms with Crippen LogP contribution < -0.4 is 4.90 Å². The second-order valence-corrected chi connectivity index (χ2v) is 11.8. The molecule has 1 aromatic heterocycles. The summed E-state index contributed by atoms with van der Waals surface area (Å²) in [6.07, 6.45) is 0.0929. The zero-order valence-electron chi connectivity index (χ0n) is 23.0. The number of nitrogens with zero attached hydrogens (tertiary/aromatic N) is 5. The first kappa shape index (κ1) is 27.6. The Labute approximate surface area is 239 Å². The lowest BCUT2D eigenvalue weighted by atomic mass is 9.84. The number of halogens is 3. The molecular formula is C29H27F3N6O4. The summed E-state index contributed by atoms with van der Waals surface area (Å²) in [5.74, 6) is -3.59. The summed E-state index contributed by atoms with van der Waals surface area (Å²) in [7, 11) is 0. The van der Waals surface area contributed by atoms with E-state index in [-0.39, 0.29) is 42.0 Å². The van der Waals surface area contributed by atoms with Crippen LogP contribution in [0.3, 0.4) is 0 Å². The molecular weight excluding hydrogens is 553 g/mol. The number of carbonyl (C=O) groups excluding carboxylic acids is 2. The summed E-state index contributed by atoms with van der Waals surface area (Å²) in [6, 6.07) is 7.78. The van der Waals surface area contributed by atoms with Crippen molar-refractivity contribution in [2.75, 3.05) is 24.5 Å².